The van der Waals surface area contributed by atoms with Crippen LogP contribution in [0.2, 0.25) is 0 Å². The molecule has 0 atom stereocenters. The summed E-state index contributed by atoms with van der Waals surface area (Å²) in [5.41, 5.74) is 1.41. The molecule has 1 N–H and O–H groups in total. The highest BCUT2D eigenvalue weighted by Gasteiger charge is 2.07. The maximum Gasteiger partial charge on any atom is 0.243 e. The second kappa shape index (κ2) is 7.23. The molecule has 0 saturated heterocycles. The van der Waals surface area contributed by atoms with Crippen LogP contribution in [0.25, 0.3) is 0 Å². The van der Waals surface area contributed by atoms with Crippen LogP contribution in [0.3, 0.4) is 0 Å². The van der Waals surface area contributed by atoms with Gasteiger partial charge in [-0.25, -0.2) is 0 Å². The zero-order valence-electron chi connectivity index (χ0n) is 12.2. The zero-order valence-corrected chi connectivity index (χ0v) is 12.2. The van der Waals surface area contributed by atoms with Crippen LogP contribution in [-0.4, -0.2) is 43.0 Å². The van der Waals surface area contributed by atoms with E-state index in [4.69, 9.17) is 0 Å². The predicted octanol–water partition coefficient (Wildman–Crippen LogP) is 2.57. The number of nitrogens with zero attached hydrogens (tertiary/aromatic N) is 4. The summed E-state index contributed by atoms with van der Waals surface area (Å²) < 4.78 is 0. The van der Waals surface area contributed by atoms with Gasteiger partial charge >= 0.3 is 0 Å². The van der Waals surface area contributed by atoms with Crippen LogP contribution >= 0.6 is 0 Å². The lowest BCUT2D eigenvalue weighted by molar-refractivity contribution is -0.116. The van der Waals surface area contributed by atoms with E-state index in [0.29, 0.717) is 17.9 Å². The minimum atomic E-state index is -0.0587. The SMILES string of the molecule is CN(C)N=Nc1cccc(NC(=O)CN2C=CC=CC2)c1. The highest BCUT2D eigenvalue weighted by Crippen LogP contribution is 2.18. The van der Waals surface area contributed by atoms with Crippen molar-refractivity contribution in [2.75, 3.05) is 32.5 Å². The zero-order chi connectivity index (χ0) is 15.1. The van der Waals surface area contributed by atoms with Gasteiger partial charge in [-0.15, -0.1) is 5.11 Å². The monoisotopic (exact) mass is 285 g/mol. The average Bonchev–Trinajstić information content (AvgIpc) is 2.46. The van der Waals surface area contributed by atoms with E-state index in [-0.39, 0.29) is 5.91 Å². The lowest BCUT2D eigenvalue weighted by Gasteiger charge is -2.19. The third-order valence-corrected chi connectivity index (χ3v) is 2.70. The molecule has 0 radical (unpaired) electrons. The summed E-state index contributed by atoms with van der Waals surface area (Å²) in [5.74, 6) is -0.0587. The third-order valence-electron chi connectivity index (χ3n) is 2.70. The molecule has 0 unspecified atom stereocenters. The van der Waals surface area contributed by atoms with Crippen molar-refractivity contribution in [1.82, 2.24) is 9.91 Å². The van der Waals surface area contributed by atoms with E-state index in [1.807, 2.05) is 47.5 Å². The predicted molar refractivity (Wildman–Crippen MR) is 83.1 cm³/mol. The van der Waals surface area contributed by atoms with Crippen molar-refractivity contribution >= 4 is 17.3 Å². The molecule has 6 nitrogen and oxygen atoms in total. The largest absolute Gasteiger partial charge is 0.364 e. The Morgan fingerprint density at radius 1 is 1.38 bits per heavy atom. The highest BCUT2D eigenvalue weighted by molar-refractivity contribution is 5.92. The van der Waals surface area contributed by atoms with Crippen molar-refractivity contribution in [1.29, 1.82) is 0 Å². The first kappa shape index (κ1) is 14.8. The Bertz CT molecular complexity index is 577. The topological polar surface area (TPSA) is 60.3 Å². The summed E-state index contributed by atoms with van der Waals surface area (Å²) in [6, 6.07) is 7.29. The van der Waals surface area contributed by atoms with Crippen LogP contribution in [0.1, 0.15) is 0 Å². The number of amides is 1. The smallest absolute Gasteiger partial charge is 0.243 e. The van der Waals surface area contributed by atoms with Crippen molar-refractivity contribution in [2.45, 2.75) is 0 Å². The number of carbonyl (C=O) groups is 1. The normalized spacial score (nSPS) is 13.7. The van der Waals surface area contributed by atoms with E-state index in [1.165, 1.54) is 0 Å². The number of rotatable bonds is 5. The first-order chi connectivity index (χ1) is 10.1. The molecule has 110 valence electrons. The molecule has 0 aliphatic carbocycles. The maximum absolute atomic E-state index is 12.0. The molecule has 1 amide bonds. The molecule has 2 rings (SSSR count). The van der Waals surface area contributed by atoms with Gasteiger partial charge in [-0.05, 0) is 30.5 Å². The van der Waals surface area contributed by atoms with Crippen molar-refractivity contribution in [3.05, 3.63) is 48.7 Å². The Labute approximate surface area is 124 Å². The summed E-state index contributed by atoms with van der Waals surface area (Å²) in [7, 11) is 3.60. The van der Waals surface area contributed by atoms with Crippen molar-refractivity contribution in [3.8, 4) is 0 Å². The Morgan fingerprint density at radius 3 is 2.95 bits per heavy atom. The number of allylic oxidation sites excluding steroid dienone is 2. The summed E-state index contributed by atoms with van der Waals surface area (Å²) >= 11 is 0. The van der Waals surface area contributed by atoms with Gasteiger partial charge in [-0.3, -0.25) is 9.80 Å². The van der Waals surface area contributed by atoms with Gasteiger partial charge in [0.2, 0.25) is 5.91 Å². The molecule has 1 aromatic carbocycles. The van der Waals surface area contributed by atoms with Gasteiger partial charge in [0.25, 0.3) is 0 Å². The van der Waals surface area contributed by atoms with Crippen LogP contribution in [-0.2, 0) is 4.79 Å². The molecule has 0 bridgehead atoms. The number of hydrogen-bond donors (Lipinski definition) is 1. The summed E-state index contributed by atoms with van der Waals surface area (Å²) in [6.07, 6.45) is 7.80. The van der Waals surface area contributed by atoms with Gasteiger partial charge < -0.3 is 10.2 Å². The van der Waals surface area contributed by atoms with Crippen LogP contribution in [0, 0.1) is 0 Å². The summed E-state index contributed by atoms with van der Waals surface area (Å²) in [5, 5.41) is 12.5. The second-order valence-electron chi connectivity index (χ2n) is 4.83. The minimum Gasteiger partial charge on any atom is -0.364 e. The van der Waals surface area contributed by atoms with Crippen molar-refractivity contribution < 1.29 is 4.79 Å². The molecule has 0 aromatic heterocycles. The molecule has 6 heteroatoms. The molecule has 1 aromatic rings. The number of hydrogen-bond acceptors (Lipinski definition) is 4. The lowest BCUT2D eigenvalue weighted by atomic mass is 10.3. The fraction of sp³-hybridized carbons (Fsp3) is 0.267. The quantitative estimate of drug-likeness (QED) is 0.668. The van der Waals surface area contributed by atoms with Gasteiger partial charge in [-0.2, -0.15) is 0 Å². The maximum atomic E-state index is 12.0. The van der Waals surface area contributed by atoms with Gasteiger partial charge in [0, 0.05) is 26.3 Å². The van der Waals surface area contributed by atoms with E-state index >= 15 is 0 Å². The van der Waals surface area contributed by atoms with E-state index in [2.05, 4.69) is 15.7 Å². The Hall–Kier alpha value is -2.63. The van der Waals surface area contributed by atoms with E-state index in [9.17, 15) is 4.79 Å². The first-order valence-electron chi connectivity index (χ1n) is 6.70. The van der Waals surface area contributed by atoms with Gasteiger partial charge in [-0.1, -0.05) is 23.4 Å². The number of carbonyl (C=O) groups excluding carboxylic acids is 1. The molecule has 0 spiro atoms. The van der Waals surface area contributed by atoms with Crippen molar-refractivity contribution in [2.24, 2.45) is 10.3 Å². The molecule has 21 heavy (non-hydrogen) atoms. The van der Waals surface area contributed by atoms with E-state index < -0.39 is 0 Å². The van der Waals surface area contributed by atoms with Gasteiger partial charge in [0.1, 0.15) is 0 Å². The first-order valence-corrected chi connectivity index (χ1v) is 6.70. The molecule has 0 saturated carbocycles. The minimum absolute atomic E-state index is 0.0587. The van der Waals surface area contributed by atoms with Crippen LogP contribution in [0.15, 0.2) is 59.0 Å². The van der Waals surface area contributed by atoms with Gasteiger partial charge in [0.15, 0.2) is 0 Å². The van der Waals surface area contributed by atoms with Gasteiger partial charge in [0.05, 0.1) is 12.2 Å². The summed E-state index contributed by atoms with van der Waals surface area (Å²) in [4.78, 5) is 13.9. The molecular weight excluding hydrogens is 266 g/mol. The van der Waals surface area contributed by atoms with E-state index in [0.717, 1.165) is 6.54 Å². The fourth-order valence-electron chi connectivity index (χ4n) is 1.80. The number of nitrogens with one attached hydrogen (secondary N) is 1. The molecule has 1 aliphatic rings. The van der Waals surface area contributed by atoms with Crippen LogP contribution in [0.4, 0.5) is 11.4 Å². The fourth-order valence-corrected chi connectivity index (χ4v) is 1.80. The molecular formula is C15H19N5O. The van der Waals surface area contributed by atoms with Crippen molar-refractivity contribution in [3.63, 3.8) is 0 Å². The molecule has 1 aliphatic heterocycles. The Kier molecular flexibility index (Phi) is 5.09. The number of benzene rings is 1. The third kappa shape index (κ3) is 5.10. The standard InChI is InChI=1S/C15H19N5O/c1-19(2)18-17-14-8-6-7-13(11-14)16-15(21)12-20-9-4-3-5-10-20/h3-9,11H,10,12H2,1-2H3,(H,16,21). The molecule has 0 fully saturated rings. The van der Waals surface area contributed by atoms with Crippen LogP contribution < -0.4 is 5.32 Å². The second-order valence-corrected chi connectivity index (χ2v) is 4.83. The Balaban J connectivity index is 1.92. The summed E-state index contributed by atoms with van der Waals surface area (Å²) in [6.45, 7) is 1.07. The van der Waals surface area contributed by atoms with Crippen LogP contribution in [0.5, 0.6) is 0 Å². The Morgan fingerprint density at radius 2 is 2.24 bits per heavy atom. The van der Waals surface area contributed by atoms with E-state index in [1.54, 1.807) is 25.2 Å². The number of anilines is 1. The lowest BCUT2D eigenvalue weighted by Crippen LogP contribution is -2.30. The molecule has 1 heterocycles. The highest BCUT2D eigenvalue weighted by atomic mass is 16.2. The average molecular weight is 285 g/mol.